The van der Waals surface area contributed by atoms with Crippen LogP contribution in [0.4, 0.5) is 0 Å². The highest BCUT2D eigenvalue weighted by atomic mass is 16.2. The quantitative estimate of drug-likeness (QED) is 0.671. The number of hydrogen-bond donors (Lipinski definition) is 2. The van der Waals surface area contributed by atoms with Crippen LogP contribution < -0.4 is 11.1 Å². The van der Waals surface area contributed by atoms with E-state index in [0.29, 0.717) is 30.0 Å². The van der Waals surface area contributed by atoms with Gasteiger partial charge in [0.15, 0.2) is 5.65 Å². The number of piperidine rings is 1. The van der Waals surface area contributed by atoms with Crippen molar-refractivity contribution in [2.75, 3.05) is 13.1 Å². The van der Waals surface area contributed by atoms with Crippen LogP contribution in [0.3, 0.4) is 0 Å². The molecule has 0 aliphatic carbocycles. The summed E-state index contributed by atoms with van der Waals surface area (Å²) in [5.74, 6) is -0.745. The Morgan fingerprint density at radius 2 is 1.93 bits per heavy atom. The van der Waals surface area contributed by atoms with E-state index in [9.17, 15) is 14.4 Å². The molecule has 1 radical (unpaired) electrons. The molecule has 0 saturated carbocycles. The van der Waals surface area contributed by atoms with E-state index in [1.165, 1.54) is 11.4 Å². The van der Waals surface area contributed by atoms with Crippen molar-refractivity contribution in [3.05, 3.63) is 53.9 Å². The summed E-state index contributed by atoms with van der Waals surface area (Å²) in [5.41, 5.74) is 8.06. The van der Waals surface area contributed by atoms with Crippen LogP contribution in [0.15, 0.2) is 36.4 Å². The van der Waals surface area contributed by atoms with Crippen LogP contribution in [0, 0.1) is 6.33 Å². The Balaban J connectivity index is 1.56. The molecule has 9 heteroatoms. The van der Waals surface area contributed by atoms with E-state index < -0.39 is 5.91 Å². The lowest BCUT2D eigenvalue weighted by atomic mass is 10.0. The molecule has 1 fully saturated rings. The maximum atomic E-state index is 12.9. The van der Waals surface area contributed by atoms with Crippen LogP contribution >= 0.6 is 0 Å². The SMILES string of the molecule is CC(=O)NC1CCCN(C(=O)c2ccc(-c3ccc(C(N)=O)c4n[c]nn34)cc2)C1. The van der Waals surface area contributed by atoms with Gasteiger partial charge in [0.25, 0.3) is 11.8 Å². The number of benzene rings is 1. The number of fused-ring (bicyclic) bond motifs is 1. The number of rotatable bonds is 4. The van der Waals surface area contributed by atoms with Crippen LogP contribution in [-0.4, -0.2) is 56.4 Å². The molecule has 3 amide bonds. The average Bonchev–Trinajstić information content (AvgIpc) is 3.22. The first-order valence-electron chi connectivity index (χ1n) is 9.66. The summed E-state index contributed by atoms with van der Waals surface area (Å²) in [6, 6.07) is 10.5. The number of amides is 3. The van der Waals surface area contributed by atoms with Gasteiger partial charge in [-0.1, -0.05) is 12.1 Å². The Kier molecular flexibility index (Phi) is 5.18. The summed E-state index contributed by atoms with van der Waals surface area (Å²) < 4.78 is 1.50. The minimum absolute atomic E-state index is 0.0138. The molecule has 0 bridgehead atoms. The van der Waals surface area contributed by atoms with Crippen LogP contribution in [0.25, 0.3) is 16.9 Å². The van der Waals surface area contributed by atoms with E-state index in [2.05, 4.69) is 21.7 Å². The van der Waals surface area contributed by atoms with Gasteiger partial charge in [0.05, 0.1) is 11.3 Å². The molecular formula is C21H21N6O3. The molecule has 153 valence electrons. The predicted octanol–water partition coefficient (Wildman–Crippen LogP) is 1.04. The summed E-state index contributed by atoms with van der Waals surface area (Å²) in [4.78, 5) is 41.5. The number of nitrogens with zero attached hydrogens (tertiary/aromatic N) is 4. The third kappa shape index (κ3) is 3.73. The minimum Gasteiger partial charge on any atom is -0.365 e. The summed E-state index contributed by atoms with van der Waals surface area (Å²) >= 11 is 0. The Bertz CT molecular complexity index is 1120. The molecule has 0 spiro atoms. The summed E-state index contributed by atoms with van der Waals surface area (Å²) in [7, 11) is 0. The second-order valence-electron chi connectivity index (χ2n) is 7.31. The number of carbonyl (C=O) groups is 3. The van der Waals surface area contributed by atoms with E-state index in [-0.39, 0.29) is 23.4 Å². The fraction of sp³-hybridized carbons (Fsp3) is 0.286. The monoisotopic (exact) mass is 405 g/mol. The van der Waals surface area contributed by atoms with Crippen molar-refractivity contribution in [3.8, 4) is 11.3 Å². The van der Waals surface area contributed by atoms with E-state index in [1.54, 1.807) is 29.2 Å². The Labute approximate surface area is 172 Å². The Hall–Kier alpha value is -3.75. The smallest absolute Gasteiger partial charge is 0.253 e. The first-order valence-corrected chi connectivity index (χ1v) is 9.66. The topological polar surface area (TPSA) is 123 Å². The molecule has 1 saturated heterocycles. The van der Waals surface area contributed by atoms with Crippen molar-refractivity contribution >= 4 is 23.4 Å². The fourth-order valence-electron chi connectivity index (χ4n) is 3.80. The maximum absolute atomic E-state index is 12.9. The van der Waals surface area contributed by atoms with Gasteiger partial charge in [0, 0.05) is 37.2 Å². The zero-order valence-electron chi connectivity index (χ0n) is 16.5. The molecule has 3 aromatic rings. The number of carbonyl (C=O) groups excluding carboxylic acids is 3. The lowest BCUT2D eigenvalue weighted by Gasteiger charge is -2.33. The normalized spacial score (nSPS) is 16.4. The molecular weight excluding hydrogens is 384 g/mol. The summed E-state index contributed by atoms with van der Waals surface area (Å²) in [6.45, 7) is 2.66. The largest absolute Gasteiger partial charge is 0.365 e. The van der Waals surface area contributed by atoms with Gasteiger partial charge in [-0.3, -0.25) is 14.4 Å². The molecule has 30 heavy (non-hydrogen) atoms. The van der Waals surface area contributed by atoms with E-state index in [4.69, 9.17) is 5.73 Å². The number of pyridine rings is 1. The summed E-state index contributed by atoms with van der Waals surface area (Å²) in [6.07, 6.45) is 4.22. The van der Waals surface area contributed by atoms with Crippen molar-refractivity contribution in [2.45, 2.75) is 25.8 Å². The number of aromatic nitrogens is 3. The third-order valence-corrected chi connectivity index (χ3v) is 5.19. The standard InChI is InChI=1S/C21H21N6O3/c1-13(28)25-16-3-2-10-26(11-16)21(30)15-6-4-14(5-7-15)18-9-8-17(19(22)29)20-23-12-24-27(18)20/h4-9,16H,2-3,10-11H2,1H3,(H2,22,29)(H,25,28). The van der Waals surface area contributed by atoms with Crippen LogP contribution in [0.5, 0.6) is 0 Å². The number of primary amides is 1. The van der Waals surface area contributed by atoms with Gasteiger partial charge in [-0.25, -0.2) is 9.50 Å². The van der Waals surface area contributed by atoms with Crippen molar-refractivity contribution in [1.82, 2.24) is 24.8 Å². The van der Waals surface area contributed by atoms with Gasteiger partial charge in [0.1, 0.15) is 0 Å². The number of nitrogens with two attached hydrogens (primary N) is 1. The highest BCUT2D eigenvalue weighted by Crippen LogP contribution is 2.23. The Morgan fingerprint density at radius 1 is 1.17 bits per heavy atom. The highest BCUT2D eigenvalue weighted by Gasteiger charge is 2.25. The molecule has 9 nitrogen and oxygen atoms in total. The van der Waals surface area contributed by atoms with Crippen molar-refractivity contribution < 1.29 is 14.4 Å². The van der Waals surface area contributed by atoms with Gasteiger partial charge in [0.2, 0.25) is 12.2 Å². The molecule has 1 atom stereocenters. The minimum atomic E-state index is -0.590. The van der Waals surface area contributed by atoms with Gasteiger partial charge >= 0.3 is 0 Å². The van der Waals surface area contributed by atoms with Crippen LogP contribution in [0.2, 0.25) is 0 Å². The van der Waals surface area contributed by atoms with Crippen LogP contribution in [0.1, 0.15) is 40.5 Å². The van der Waals surface area contributed by atoms with Gasteiger partial charge < -0.3 is 16.0 Å². The molecule has 3 N–H and O–H groups in total. The van der Waals surface area contributed by atoms with E-state index >= 15 is 0 Å². The number of likely N-dealkylation sites (tertiary alicyclic amines) is 1. The molecule has 1 aliphatic heterocycles. The van der Waals surface area contributed by atoms with Gasteiger partial charge in [-0.05, 0) is 37.1 Å². The maximum Gasteiger partial charge on any atom is 0.253 e. The number of nitrogens with one attached hydrogen (secondary N) is 1. The zero-order chi connectivity index (χ0) is 21.3. The Morgan fingerprint density at radius 3 is 2.63 bits per heavy atom. The van der Waals surface area contributed by atoms with Crippen molar-refractivity contribution in [3.63, 3.8) is 0 Å². The lowest BCUT2D eigenvalue weighted by Crippen LogP contribution is -2.49. The third-order valence-electron chi connectivity index (χ3n) is 5.19. The molecule has 1 aromatic carbocycles. The molecule has 2 aromatic heterocycles. The molecule has 4 rings (SSSR count). The fourth-order valence-corrected chi connectivity index (χ4v) is 3.80. The second kappa shape index (κ2) is 7.94. The van der Waals surface area contributed by atoms with Gasteiger partial charge in [-0.15, -0.1) is 5.10 Å². The zero-order valence-corrected chi connectivity index (χ0v) is 16.5. The molecule has 3 heterocycles. The number of hydrogen-bond acceptors (Lipinski definition) is 5. The van der Waals surface area contributed by atoms with Gasteiger partial charge in [-0.2, -0.15) is 0 Å². The molecule has 1 aliphatic rings. The van der Waals surface area contributed by atoms with Crippen molar-refractivity contribution in [2.24, 2.45) is 5.73 Å². The predicted molar refractivity (Wildman–Crippen MR) is 109 cm³/mol. The average molecular weight is 405 g/mol. The first kappa shape index (κ1) is 19.6. The molecule has 1 unspecified atom stereocenters. The van der Waals surface area contributed by atoms with E-state index in [0.717, 1.165) is 18.4 Å². The second-order valence-corrected chi connectivity index (χ2v) is 7.31. The first-order chi connectivity index (χ1) is 14.4. The van der Waals surface area contributed by atoms with Crippen molar-refractivity contribution in [1.29, 1.82) is 0 Å². The van der Waals surface area contributed by atoms with E-state index in [1.807, 2.05) is 12.1 Å². The highest BCUT2D eigenvalue weighted by molar-refractivity contribution is 5.99. The summed E-state index contributed by atoms with van der Waals surface area (Å²) in [5, 5.41) is 6.96. The van der Waals surface area contributed by atoms with Crippen LogP contribution in [-0.2, 0) is 4.79 Å². The lowest BCUT2D eigenvalue weighted by molar-refractivity contribution is -0.120.